The van der Waals surface area contributed by atoms with E-state index in [1.54, 1.807) is 0 Å². The van der Waals surface area contributed by atoms with Crippen LogP contribution in [0.1, 0.15) is 38.7 Å². The lowest BCUT2D eigenvalue weighted by Crippen LogP contribution is -2.41. The minimum atomic E-state index is -0.0762. The van der Waals surface area contributed by atoms with Gasteiger partial charge in [-0.3, -0.25) is 4.79 Å². The third-order valence-corrected chi connectivity index (χ3v) is 5.16. The number of amides is 1. The van der Waals surface area contributed by atoms with Gasteiger partial charge in [0.25, 0.3) is 0 Å². The fraction of sp³-hybridized carbons (Fsp3) is 0.588. The fourth-order valence-electron chi connectivity index (χ4n) is 3.11. The van der Waals surface area contributed by atoms with Crippen LogP contribution in [0, 0.1) is 11.8 Å². The summed E-state index contributed by atoms with van der Waals surface area (Å²) in [5.74, 6) is 0.643. The summed E-state index contributed by atoms with van der Waals surface area (Å²) in [5.41, 5.74) is 6.92. The lowest BCUT2D eigenvalue weighted by atomic mass is 9.84. The van der Waals surface area contributed by atoms with Crippen molar-refractivity contribution in [2.24, 2.45) is 17.6 Å². The predicted molar refractivity (Wildman–Crippen MR) is 97.3 cm³/mol. The summed E-state index contributed by atoms with van der Waals surface area (Å²) in [7, 11) is 0. The number of carbonyl (C=O) groups excluding carboxylic acids is 1. The van der Waals surface area contributed by atoms with Crippen molar-refractivity contribution >= 4 is 34.2 Å². The standard InChI is InChI=1S/C17H25BrN2O.ClH/c1-17(2,13-6-8-14(18)9-7-13)11-20-16(21)15-5-3-4-12(15)10-19;/h6-9,12,15H,3-5,10-11,19H2,1-2H3,(H,20,21);1H/t12-,15-;/m1./s1. The van der Waals surface area contributed by atoms with E-state index in [4.69, 9.17) is 5.73 Å². The lowest BCUT2D eigenvalue weighted by molar-refractivity contribution is -0.126. The van der Waals surface area contributed by atoms with E-state index in [-0.39, 0.29) is 29.6 Å². The lowest BCUT2D eigenvalue weighted by Gasteiger charge is -2.27. The molecule has 0 spiro atoms. The molecule has 0 saturated heterocycles. The minimum absolute atomic E-state index is 0. The molecule has 1 aromatic carbocycles. The van der Waals surface area contributed by atoms with Crippen LogP contribution in [0.15, 0.2) is 28.7 Å². The van der Waals surface area contributed by atoms with Gasteiger partial charge in [0, 0.05) is 22.4 Å². The van der Waals surface area contributed by atoms with E-state index in [1.807, 2.05) is 12.1 Å². The molecule has 1 aromatic rings. The molecule has 1 aliphatic rings. The summed E-state index contributed by atoms with van der Waals surface area (Å²) >= 11 is 3.45. The fourth-order valence-corrected chi connectivity index (χ4v) is 3.37. The second kappa shape index (κ2) is 8.32. The van der Waals surface area contributed by atoms with Gasteiger partial charge in [-0.1, -0.05) is 48.3 Å². The number of nitrogens with one attached hydrogen (secondary N) is 1. The molecule has 124 valence electrons. The summed E-state index contributed by atoms with van der Waals surface area (Å²) in [4.78, 5) is 12.4. The molecule has 5 heteroatoms. The second-order valence-electron chi connectivity index (χ2n) is 6.64. The van der Waals surface area contributed by atoms with Crippen LogP contribution in [-0.2, 0) is 10.2 Å². The molecule has 22 heavy (non-hydrogen) atoms. The average Bonchev–Trinajstić information content (AvgIpc) is 2.94. The van der Waals surface area contributed by atoms with Crippen LogP contribution in [0.4, 0.5) is 0 Å². The van der Waals surface area contributed by atoms with Crippen molar-refractivity contribution in [3.63, 3.8) is 0 Å². The molecule has 1 amide bonds. The zero-order valence-electron chi connectivity index (χ0n) is 13.3. The molecule has 1 aliphatic carbocycles. The molecule has 2 atom stereocenters. The number of benzene rings is 1. The first kappa shape index (κ1) is 19.5. The highest BCUT2D eigenvalue weighted by molar-refractivity contribution is 9.10. The molecule has 0 unspecified atom stereocenters. The largest absolute Gasteiger partial charge is 0.355 e. The van der Waals surface area contributed by atoms with Gasteiger partial charge in [0.1, 0.15) is 0 Å². The molecule has 1 saturated carbocycles. The SMILES string of the molecule is CC(C)(CNC(=O)[C@@H]1CCC[C@@H]1CN)c1ccc(Br)cc1.Cl. The Morgan fingerprint density at radius 2 is 1.95 bits per heavy atom. The Balaban J connectivity index is 0.00000242. The Morgan fingerprint density at radius 3 is 2.55 bits per heavy atom. The highest BCUT2D eigenvalue weighted by atomic mass is 79.9. The van der Waals surface area contributed by atoms with E-state index in [0.29, 0.717) is 19.0 Å². The molecule has 2 rings (SSSR count). The monoisotopic (exact) mass is 388 g/mol. The quantitative estimate of drug-likeness (QED) is 0.808. The molecule has 0 aliphatic heterocycles. The van der Waals surface area contributed by atoms with Crippen LogP contribution in [-0.4, -0.2) is 19.0 Å². The highest BCUT2D eigenvalue weighted by Crippen LogP contribution is 2.31. The molecular formula is C17H26BrClN2O. The Morgan fingerprint density at radius 1 is 1.32 bits per heavy atom. The first-order chi connectivity index (χ1) is 9.94. The van der Waals surface area contributed by atoms with Gasteiger partial charge in [-0.15, -0.1) is 12.4 Å². The van der Waals surface area contributed by atoms with Gasteiger partial charge in [0.15, 0.2) is 0 Å². The molecular weight excluding hydrogens is 364 g/mol. The second-order valence-corrected chi connectivity index (χ2v) is 7.56. The molecule has 0 heterocycles. The zero-order chi connectivity index (χ0) is 15.5. The third-order valence-electron chi connectivity index (χ3n) is 4.63. The maximum atomic E-state index is 12.4. The van der Waals surface area contributed by atoms with E-state index in [0.717, 1.165) is 23.7 Å². The van der Waals surface area contributed by atoms with Crippen molar-refractivity contribution in [2.45, 2.75) is 38.5 Å². The third kappa shape index (κ3) is 4.71. The highest BCUT2D eigenvalue weighted by Gasteiger charge is 2.32. The van der Waals surface area contributed by atoms with Crippen molar-refractivity contribution in [1.82, 2.24) is 5.32 Å². The first-order valence-electron chi connectivity index (χ1n) is 7.68. The first-order valence-corrected chi connectivity index (χ1v) is 8.47. The topological polar surface area (TPSA) is 55.1 Å². The Bertz CT molecular complexity index is 490. The van der Waals surface area contributed by atoms with Crippen LogP contribution in [0.5, 0.6) is 0 Å². The number of hydrogen-bond acceptors (Lipinski definition) is 2. The number of nitrogens with two attached hydrogens (primary N) is 1. The van der Waals surface area contributed by atoms with Gasteiger partial charge in [-0.2, -0.15) is 0 Å². The van der Waals surface area contributed by atoms with Crippen LogP contribution in [0.3, 0.4) is 0 Å². The Kier molecular flexibility index (Phi) is 7.36. The van der Waals surface area contributed by atoms with E-state index >= 15 is 0 Å². The van der Waals surface area contributed by atoms with Gasteiger partial charge in [0.05, 0.1) is 0 Å². The van der Waals surface area contributed by atoms with Gasteiger partial charge in [-0.25, -0.2) is 0 Å². The molecule has 3 N–H and O–H groups in total. The van der Waals surface area contributed by atoms with E-state index in [9.17, 15) is 4.79 Å². The van der Waals surface area contributed by atoms with Crippen LogP contribution >= 0.6 is 28.3 Å². The molecule has 0 radical (unpaired) electrons. The maximum Gasteiger partial charge on any atom is 0.223 e. The van der Waals surface area contributed by atoms with E-state index in [2.05, 4.69) is 47.2 Å². The van der Waals surface area contributed by atoms with Crippen molar-refractivity contribution in [1.29, 1.82) is 0 Å². The minimum Gasteiger partial charge on any atom is -0.355 e. The van der Waals surface area contributed by atoms with Gasteiger partial charge >= 0.3 is 0 Å². The molecule has 0 aromatic heterocycles. The number of carbonyl (C=O) groups is 1. The number of halogens is 2. The molecule has 0 bridgehead atoms. The smallest absolute Gasteiger partial charge is 0.223 e. The van der Waals surface area contributed by atoms with Crippen molar-refractivity contribution in [2.75, 3.05) is 13.1 Å². The maximum absolute atomic E-state index is 12.4. The van der Waals surface area contributed by atoms with Gasteiger partial charge < -0.3 is 11.1 Å². The normalized spacial score (nSPS) is 21.3. The van der Waals surface area contributed by atoms with E-state index < -0.39 is 0 Å². The van der Waals surface area contributed by atoms with Crippen LogP contribution in [0.25, 0.3) is 0 Å². The zero-order valence-corrected chi connectivity index (χ0v) is 15.7. The van der Waals surface area contributed by atoms with Crippen molar-refractivity contribution in [3.05, 3.63) is 34.3 Å². The summed E-state index contributed by atoms with van der Waals surface area (Å²) < 4.78 is 1.07. The van der Waals surface area contributed by atoms with Crippen LogP contribution in [0.2, 0.25) is 0 Å². The van der Waals surface area contributed by atoms with Crippen molar-refractivity contribution in [3.8, 4) is 0 Å². The molecule has 3 nitrogen and oxygen atoms in total. The summed E-state index contributed by atoms with van der Waals surface area (Å²) in [5, 5.41) is 3.14. The Labute approximate surface area is 148 Å². The van der Waals surface area contributed by atoms with Crippen LogP contribution < -0.4 is 11.1 Å². The predicted octanol–water partition coefficient (Wildman–Crippen LogP) is 3.64. The van der Waals surface area contributed by atoms with Gasteiger partial charge in [0.2, 0.25) is 5.91 Å². The number of hydrogen-bond donors (Lipinski definition) is 2. The Hall–Kier alpha value is -0.580. The van der Waals surface area contributed by atoms with Gasteiger partial charge in [-0.05, 0) is 43.0 Å². The van der Waals surface area contributed by atoms with Crippen molar-refractivity contribution < 1.29 is 4.79 Å². The summed E-state index contributed by atoms with van der Waals surface area (Å²) in [6.07, 6.45) is 3.19. The van der Waals surface area contributed by atoms with E-state index in [1.165, 1.54) is 5.56 Å². The summed E-state index contributed by atoms with van der Waals surface area (Å²) in [6.45, 7) is 5.59. The number of rotatable bonds is 5. The summed E-state index contributed by atoms with van der Waals surface area (Å²) in [6, 6.07) is 8.30. The average molecular weight is 390 g/mol. The molecule has 1 fully saturated rings.